The minimum absolute atomic E-state index is 0.101. The number of urea groups is 1. The van der Waals surface area contributed by atoms with E-state index in [1.165, 1.54) is 30.3 Å². The molecule has 0 radical (unpaired) electrons. The zero-order chi connectivity index (χ0) is 17.7. The van der Waals surface area contributed by atoms with Crippen LogP contribution in [0.4, 0.5) is 28.0 Å². The van der Waals surface area contributed by atoms with Crippen molar-refractivity contribution in [1.82, 2.24) is 5.32 Å². The van der Waals surface area contributed by atoms with Crippen molar-refractivity contribution >= 4 is 11.7 Å². The van der Waals surface area contributed by atoms with Crippen LogP contribution in [-0.4, -0.2) is 12.6 Å². The topological polar surface area (TPSA) is 50.4 Å². The van der Waals surface area contributed by atoms with Gasteiger partial charge in [0.2, 0.25) is 0 Å². The Morgan fingerprint density at radius 2 is 1.83 bits per heavy atom. The molecule has 0 heterocycles. The van der Waals surface area contributed by atoms with Crippen LogP contribution in [0.5, 0.6) is 5.75 Å². The number of nitrogens with one attached hydrogen (secondary N) is 2. The summed E-state index contributed by atoms with van der Waals surface area (Å²) in [5.74, 6) is -2.10. The lowest BCUT2D eigenvalue weighted by molar-refractivity contribution is -0.0497. The lowest BCUT2D eigenvalue weighted by atomic mass is 10.1. The molecule has 0 spiro atoms. The SMILES string of the molecule is CC(NC(=O)Nc1cccc(OC(F)F)c1)c1ccc(F)c(F)c1. The molecule has 0 aromatic heterocycles. The van der Waals surface area contributed by atoms with Gasteiger partial charge in [0.1, 0.15) is 5.75 Å². The summed E-state index contributed by atoms with van der Waals surface area (Å²) in [6.07, 6.45) is 0. The fourth-order valence-corrected chi connectivity index (χ4v) is 1.98. The van der Waals surface area contributed by atoms with Crippen LogP contribution in [0.15, 0.2) is 42.5 Å². The van der Waals surface area contributed by atoms with Gasteiger partial charge in [0.05, 0.1) is 6.04 Å². The average molecular weight is 342 g/mol. The van der Waals surface area contributed by atoms with Crippen molar-refractivity contribution in [3.8, 4) is 5.75 Å². The number of ether oxygens (including phenoxy) is 1. The van der Waals surface area contributed by atoms with E-state index in [-0.39, 0.29) is 11.4 Å². The summed E-state index contributed by atoms with van der Waals surface area (Å²) in [7, 11) is 0. The number of benzene rings is 2. The Labute approximate surface area is 135 Å². The molecule has 0 aliphatic heterocycles. The lowest BCUT2D eigenvalue weighted by Gasteiger charge is -2.15. The van der Waals surface area contributed by atoms with Gasteiger partial charge in [-0.3, -0.25) is 0 Å². The second-order valence-electron chi connectivity index (χ2n) is 4.90. The molecule has 128 valence electrons. The maximum absolute atomic E-state index is 13.2. The monoisotopic (exact) mass is 342 g/mol. The standard InChI is InChI=1S/C16H14F4N2O2/c1-9(10-5-6-13(17)14(18)7-10)21-16(23)22-11-3-2-4-12(8-11)24-15(19)20/h2-9,15H,1H3,(H2,21,22,23). The molecular formula is C16H14F4N2O2. The largest absolute Gasteiger partial charge is 0.435 e. The molecule has 2 aromatic rings. The third-order valence-electron chi connectivity index (χ3n) is 3.11. The Morgan fingerprint density at radius 3 is 2.50 bits per heavy atom. The predicted octanol–water partition coefficient (Wildman–Crippen LogP) is 4.45. The van der Waals surface area contributed by atoms with Gasteiger partial charge in [-0.25, -0.2) is 13.6 Å². The second kappa shape index (κ2) is 7.67. The van der Waals surface area contributed by atoms with Gasteiger partial charge >= 0.3 is 12.6 Å². The maximum Gasteiger partial charge on any atom is 0.387 e. The number of anilines is 1. The first-order valence-electron chi connectivity index (χ1n) is 6.92. The Balaban J connectivity index is 1.98. The number of alkyl halides is 2. The van der Waals surface area contributed by atoms with E-state index in [2.05, 4.69) is 15.4 Å². The minimum atomic E-state index is -2.97. The van der Waals surface area contributed by atoms with Crippen LogP contribution in [0.25, 0.3) is 0 Å². The summed E-state index contributed by atoms with van der Waals surface area (Å²) in [4.78, 5) is 11.9. The zero-order valence-corrected chi connectivity index (χ0v) is 12.5. The van der Waals surface area contributed by atoms with Crippen LogP contribution in [0.3, 0.4) is 0 Å². The molecule has 0 aliphatic rings. The highest BCUT2D eigenvalue weighted by Gasteiger charge is 2.12. The summed E-state index contributed by atoms with van der Waals surface area (Å²) in [5.41, 5.74) is 0.613. The van der Waals surface area contributed by atoms with Crippen molar-refractivity contribution in [3.05, 3.63) is 59.7 Å². The number of hydrogen-bond acceptors (Lipinski definition) is 2. The van der Waals surface area contributed by atoms with Gasteiger partial charge < -0.3 is 15.4 Å². The summed E-state index contributed by atoms with van der Waals surface area (Å²) in [6.45, 7) is -1.38. The van der Waals surface area contributed by atoms with E-state index in [1.54, 1.807) is 6.92 Å². The van der Waals surface area contributed by atoms with Crippen LogP contribution in [0, 0.1) is 11.6 Å². The van der Waals surface area contributed by atoms with Crippen molar-refractivity contribution in [1.29, 1.82) is 0 Å². The number of carbonyl (C=O) groups is 1. The summed E-state index contributed by atoms with van der Waals surface area (Å²) in [5, 5.41) is 4.96. The smallest absolute Gasteiger partial charge is 0.387 e. The second-order valence-corrected chi connectivity index (χ2v) is 4.90. The summed E-state index contributed by atoms with van der Waals surface area (Å²) >= 11 is 0. The molecule has 2 rings (SSSR count). The first-order valence-corrected chi connectivity index (χ1v) is 6.92. The van der Waals surface area contributed by atoms with Crippen LogP contribution in [0.2, 0.25) is 0 Å². The van der Waals surface area contributed by atoms with Gasteiger partial charge in [0.25, 0.3) is 0 Å². The van der Waals surface area contributed by atoms with E-state index >= 15 is 0 Å². The van der Waals surface area contributed by atoms with E-state index in [4.69, 9.17) is 0 Å². The molecule has 2 amide bonds. The van der Waals surface area contributed by atoms with Crippen LogP contribution < -0.4 is 15.4 Å². The number of carbonyl (C=O) groups excluding carboxylic acids is 1. The van der Waals surface area contributed by atoms with Gasteiger partial charge in [0.15, 0.2) is 11.6 Å². The zero-order valence-electron chi connectivity index (χ0n) is 12.5. The number of rotatable bonds is 5. The van der Waals surface area contributed by atoms with Crippen molar-refractivity contribution in [3.63, 3.8) is 0 Å². The molecule has 0 saturated carbocycles. The minimum Gasteiger partial charge on any atom is -0.435 e. The van der Waals surface area contributed by atoms with Gasteiger partial charge in [-0.1, -0.05) is 12.1 Å². The quantitative estimate of drug-likeness (QED) is 0.789. The van der Waals surface area contributed by atoms with E-state index in [9.17, 15) is 22.4 Å². The highest BCUT2D eigenvalue weighted by atomic mass is 19.3. The molecule has 1 atom stereocenters. The van der Waals surface area contributed by atoms with Crippen molar-refractivity contribution < 1.29 is 27.1 Å². The van der Waals surface area contributed by atoms with Gasteiger partial charge in [-0.2, -0.15) is 8.78 Å². The number of hydrogen-bond donors (Lipinski definition) is 2. The molecule has 1 unspecified atom stereocenters. The molecule has 2 N–H and O–H groups in total. The Kier molecular flexibility index (Phi) is 5.62. The van der Waals surface area contributed by atoms with Crippen LogP contribution in [-0.2, 0) is 0 Å². The Morgan fingerprint density at radius 1 is 1.08 bits per heavy atom. The molecule has 4 nitrogen and oxygen atoms in total. The first kappa shape index (κ1) is 17.6. The van der Waals surface area contributed by atoms with Crippen molar-refractivity contribution in [2.75, 3.05) is 5.32 Å². The highest BCUT2D eigenvalue weighted by molar-refractivity contribution is 5.89. The molecule has 0 saturated heterocycles. The Hall–Kier alpha value is -2.77. The molecule has 0 bridgehead atoms. The van der Waals surface area contributed by atoms with E-state index in [0.29, 0.717) is 5.56 Å². The first-order chi connectivity index (χ1) is 11.3. The molecule has 2 aromatic carbocycles. The van der Waals surface area contributed by atoms with E-state index in [0.717, 1.165) is 12.1 Å². The highest BCUT2D eigenvalue weighted by Crippen LogP contribution is 2.20. The normalized spacial score (nSPS) is 11.9. The molecule has 8 heteroatoms. The van der Waals surface area contributed by atoms with Crippen LogP contribution in [0.1, 0.15) is 18.5 Å². The molecule has 24 heavy (non-hydrogen) atoms. The number of halogens is 4. The average Bonchev–Trinajstić information content (AvgIpc) is 2.49. The molecular weight excluding hydrogens is 328 g/mol. The fraction of sp³-hybridized carbons (Fsp3) is 0.188. The predicted molar refractivity (Wildman–Crippen MR) is 80.0 cm³/mol. The van der Waals surface area contributed by atoms with E-state index < -0.39 is 30.3 Å². The maximum atomic E-state index is 13.2. The van der Waals surface area contributed by atoms with Gasteiger partial charge in [0, 0.05) is 11.8 Å². The van der Waals surface area contributed by atoms with E-state index in [1.807, 2.05) is 0 Å². The summed E-state index contributed by atoms with van der Waals surface area (Å²) in [6, 6.07) is 7.53. The Bertz CT molecular complexity index is 725. The third kappa shape index (κ3) is 4.87. The molecule has 0 aliphatic carbocycles. The number of amides is 2. The third-order valence-corrected chi connectivity index (χ3v) is 3.11. The van der Waals surface area contributed by atoms with Crippen molar-refractivity contribution in [2.45, 2.75) is 19.6 Å². The van der Waals surface area contributed by atoms with Crippen molar-refractivity contribution in [2.24, 2.45) is 0 Å². The fourth-order valence-electron chi connectivity index (χ4n) is 1.98. The molecule has 0 fully saturated rings. The van der Waals surface area contributed by atoms with Gasteiger partial charge in [-0.15, -0.1) is 0 Å². The summed E-state index contributed by atoms with van der Waals surface area (Å²) < 4.78 is 54.6. The lowest BCUT2D eigenvalue weighted by Crippen LogP contribution is -2.31. The van der Waals surface area contributed by atoms with Gasteiger partial charge in [-0.05, 0) is 36.8 Å². The van der Waals surface area contributed by atoms with Crippen LogP contribution >= 0.6 is 0 Å².